The van der Waals surface area contributed by atoms with E-state index in [0.29, 0.717) is 5.56 Å². The first-order chi connectivity index (χ1) is 10.1. The average Bonchev–Trinajstić information content (AvgIpc) is 2.50. The Bertz CT molecular complexity index is 821. The van der Waals surface area contributed by atoms with Gasteiger partial charge in [-0.05, 0) is 36.1 Å². The highest BCUT2D eigenvalue weighted by Gasteiger charge is 2.11. The van der Waals surface area contributed by atoms with Crippen molar-refractivity contribution in [2.24, 2.45) is 0 Å². The number of benzene rings is 3. The van der Waals surface area contributed by atoms with Crippen LogP contribution in [0.1, 0.15) is 15.9 Å². The molecule has 21 heavy (non-hydrogen) atoms. The molecule has 0 saturated heterocycles. The number of carbonyl (C=O) groups is 1. The van der Waals surface area contributed by atoms with E-state index in [1.165, 1.54) is 0 Å². The molecule has 0 fully saturated rings. The normalized spacial score (nSPS) is 10.6. The highest BCUT2D eigenvalue weighted by molar-refractivity contribution is 9.10. The molecule has 3 rings (SSSR count). The van der Waals surface area contributed by atoms with Crippen LogP contribution in [-0.2, 0) is 0 Å². The molecule has 2 nitrogen and oxygen atoms in total. The number of hydrogen-bond acceptors (Lipinski definition) is 1. The van der Waals surface area contributed by atoms with Gasteiger partial charge in [-0.25, -0.2) is 0 Å². The molecule has 0 saturated carbocycles. The zero-order chi connectivity index (χ0) is 14.8. The first kappa shape index (κ1) is 13.8. The molecule has 0 bridgehead atoms. The van der Waals surface area contributed by atoms with Crippen molar-refractivity contribution in [3.05, 3.63) is 76.3 Å². The predicted molar refractivity (Wildman–Crippen MR) is 90.8 cm³/mol. The Morgan fingerprint density at radius 2 is 1.76 bits per heavy atom. The minimum atomic E-state index is -0.0925. The summed E-state index contributed by atoms with van der Waals surface area (Å²) >= 11 is 3.41. The Labute approximate surface area is 131 Å². The van der Waals surface area contributed by atoms with Crippen LogP contribution >= 0.6 is 15.9 Å². The van der Waals surface area contributed by atoms with E-state index < -0.39 is 0 Å². The third-order valence-electron chi connectivity index (χ3n) is 3.48. The summed E-state index contributed by atoms with van der Waals surface area (Å²) in [6.07, 6.45) is 0. The second kappa shape index (κ2) is 5.70. The minimum Gasteiger partial charge on any atom is -0.321 e. The predicted octanol–water partition coefficient (Wildman–Crippen LogP) is 5.16. The van der Waals surface area contributed by atoms with Gasteiger partial charge in [0.2, 0.25) is 0 Å². The number of fused-ring (bicyclic) bond motifs is 1. The lowest BCUT2D eigenvalue weighted by atomic mass is 10.1. The van der Waals surface area contributed by atoms with Crippen molar-refractivity contribution in [1.82, 2.24) is 0 Å². The van der Waals surface area contributed by atoms with Crippen LogP contribution in [0.5, 0.6) is 0 Å². The summed E-state index contributed by atoms with van der Waals surface area (Å²) in [6.45, 7) is 1.93. The molecule has 1 amide bonds. The Hall–Kier alpha value is -2.13. The third-order valence-corrected chi connectivity index (χ3v) is 3.98. The maximum absolute atomic E-state index is 12.5. The van der Waals surface area contributed by atoms with Crippen molar-refractivity contribution in [2.75, 3.05) is 5.32 Å². The Morgan fingerprint density at radius 3 is 2.62 bits per heavy atom. The molecule has 1 N–H and O–H groups in total. The molecule has 0 aliphatic carbocycles. The van der Waals surface area contributed by atoms with E-state index in [9.17, 15) is 4.79 Å². The summed E-state index contributed by atoms with van der Waals surface area (Å²) in [5.41, 5.74) is 2.46. The topological polar surface area (TPSA) is 29.1 Å². The molecule has 0 radical (unpaired) electrons. The van der Waals surface area contributed by atoms with Gasteiger partial charge < -0.3 is 5.32 Å². The van der Waals surface area contributed by atoms with E-state index in [-0.39, 0.29) is 5.91 Å². The molecule has 0 aliphatic rings. The molecule has 3 heteroatoms. The van der Waals surface area contributed by atoms with Crippen LogP contribution in [0.25, 0.3) is 10.8 Å². The molecule has 0 unspecified atom stereocenters. The quantitative estimate of drug-likeness (QED) is 0.686. The lowest BCUT2D eigenvalue weighted by Crippen LogP contribution is -2.13. The van der Waals surface area contributed by atoms with E-state index in [0.717, 1.165) is 26.5 Å². The SMILES string of the molecule is Cc1ccc(Br)cc1C(=O)Nc1cccc2ccccc12. The molecule has 0 heterocycles. The summed E-state index contributed by atoms with van der Waals surface area (Å²) in [5.74, 6) is -0.0925. The fourth-order valence-corrected chi connectivity index (χ4v) is 2.72. The number of nitrogens with one attached hydrogen (secondary N) is 1. The summed E-state index contributed by atoms with van der Waals surface area (Å²) in [6, 6.07) is 19.6. The van der Waals surface area contributed by atoms with Crippen LogP contribution < -0.4 is 5.32 Å². The minimum absolute atomic E-state index is 0.0925. The molecule has 0 spiro atoms. The number of hydrogen-bond donors (Lipinski definition) is 1. The van der Waals surface area contributed by atoms with Gasteiger partial charge >= 0.3 is 0 Å². The van der Waals surface area contributed by atoms with Crippen LogP contribution in [0.4, 0.5) is 5.69 Å². The van der Waals surface area contributed by atoms with E-state index in [1.54, 1.807) is 0 Å². The molecule has 3 aromatic rings. The average molecular weight is 340 g/mol. The van der Waals surface area contributed by atoms with E-state index in [2.05, 4.69) is 21.2 Å². The van der Waals surface area contributed by atoms with Crippen molar-refractivity contribution < 1.29 is 4.79 Å². The summed E-state index contributed by atoms with van der Waals surface area (Å²) in [4.78, 5) is 12.5. The summed E-state index contributed by atoms with van der Waals surface area (Å²) < 4.78 is 0.899. The second-order valence-electron chi connectivity index (χ2n) is 4.94. The van der Waals surface area contributed by atoms with Crippen molar-refractivity contribution >= 4 is 38.3 Å². The molecule has 0 aromatic heterocycles. The number of halogens is 1. The maximum Gasteiger partial charge on any atom is 0.255 e. The van der Waals surface area contributed by atoms with Gasteiger partial charge in [-0.1, -0.05) is 58.4 Å². The molecular weight excluding hydrogens is 326 g/mol. The second-order valence-corrected chi connectivity index (χ2v) is 5.86. The zero-order valence-corrected chi connectivity index (χ0v) is 13.1. The number of carbonyl (C=O) groups excluding carboxylic acids is 1. The first-order valence-electron chi connectivity index (χ1n) is 6.70. The fraction of sp³-hybridized carbons (Fsp3) is 0.0556. The number of amides is 1. The van der Waals surface area contributed by atoms with Crippen molar-refractivity contribution in [3.8, 4) is 0 Å². The van der Waals surface area contributed by atoms with E-state index in [1.807, 2.05) is 67.6 Å². The van der Waals surface area contributed by atoms with Gasteiger partial charge in [0.15, 0.2) is 0 Å². The van der Waals surface area contributed by atoms with Crippen LogP contribution in [-0.4, -0.2) is 5.91 Å². The Morgan fingerprint density at radius 1 is 1.00 bits per heavy atom. The van der Waals surface area contributed by atoms with Crippen LogP contribution in [0.3, 0.4) is 0 Å². The first-order valence-corrected chi connectivity index (χ1v) is 7.50. The molecule has 3 aromatic carbocycles. The fourth-order valence-electron chi connectivity index (χ4n) is 2.36. The lowest BCUT2D eigenvalue weighted by Gasteiger charge is -2.10. The smallest absolute Gasteiger partial charge is 0.255 e. The van der Waals surface area contributed by atoms with Gasteiger partial charge in [0.05, 0.1) is 0 Å². The Balaban J connectivity index is 1.99. The number of anilines is 1. The van der Waals surface area contributed by atoms with Gasteiger partial charge in [-0.3, -0.25) is 4.79 Å². The van der Waals surface area contributed by atoms with Crippen LogP contribution in [0.2, 0.25) is 0 Å². The van der Waals surface area contributed by atoms with Crippen molar-refractivity contribution in [1.29, 1.82) is 0 Å². The van der Waals surface area contributed by atoms with Crippen LogP contribution in [0.15, 0.2) is 65.1 Å². The molecule has 0 atom stereocenters. The highest BCUT2D eigenvalue weighted by atomic mass is 79.9. The monoisotopic (exact) mass is 339 g/mol. The van der Waals surface area contributed by atoms with Gasteiger partial charge in [0.25, 0.3) is 5.91 Å². The number of aryl methyl sites for hydroxylation is 1. The van der Waals surface area contributed by atoms with E-state index in [4.69, 9.17) is 0 Å². The molecule has 104 valence electrons. The largest absolute Gasteiger partial charge is 0.321 e. The summed E-state index contributed by atoms with van der Waals surface area (Å²) in [5, 5.41) is 5.16. The Kier molecular flexibility index (Phi) is 3.76. The third kappa shape index (κ3) is 2.83. The van der Waals surface area contributed by atoms with Crippen molar-refractivity contribution in [2.45, 2.75) is 6.92 Å². The van der Waals surface area contributed by atoms with Gasteiger partial charge in [-0.2, -0.15) is 0 Å². The van der Waals surface area contributed by atoms with Crippen molar-refractivity contribution in [3.63, 3.8) is 0 Å². The van der Waals surface area contributed by atoms with Gasteiger partial charge in [0, 0.05) is 21.1 Å². The van der Waals surface area contributed by atoms with E-state index >= 15 is 0 Å². The maximum atomic E-state index is 12.5. The summed E-state index contributed by atoms with van der Waals surface area (Å²) in [7, 11) is 0. The highest BCUT2D eigenvalue weighted by Crippen LogP contribution is 2.24. The van der Waals surface area contributed by atoms with Gasteiger partial charge in [0.1, 0.15) is 0 Å². The van der Waals surface area contributed by atoms with Gasteiger partial charge in [-0.15, -0.1) is 0 Å². The number of rotatable bonds is 2. The van der Waals surface area contributed by atoms with Crippen LogP contribution in [0, 0.1) is 6.92 Å². The zero-order valence-electron chi connectivity index (χ0n) is 11.6. The standard InChI is InChI=1S/C18H14BrNO/c1-12-9-10-14(19)11-16(12)18(21)20-17-8-4-6-13-5-2-3-7-15(13)17/h2-11H,1H3,(H,20,21). The molecule has 0 aliphatic heterocycles. The molecular formula is C18H14BrNO. The lowest BCUT2D eigenvalue weighted by molar-refractivity contribution is 0.102.